The second kappa shape index (κ2) is 47.8. The molecule has 0 saturated heterocycles. The van der Waals surface area contributed by atoms with Crippen molar-refractivity contribution in [3.8, 4) is 0 Å². The maximum absolute atomic E-state index is 12.8. The van der Waals surface area contributed by atoms with Crippen molar-refractivity contribution in [2.45, 2.75) is 290 Å². The summed E-state index contributed by atoms with van der Waals surface area (Å²) in [6.07, 6.45) is 51.9. The van der Waals surface area contributed by atoms with E-state index in [-0.39, 0.29) is 31.1 Å². The van der Waals surface area contributed by atoms with Gasteiger partial charge in [-0.25, -0.2) is 0 Å². The van der Waals surface area contributed by atoms with Crippen molar-refractivity contribution < 1.29 is 28.6 Å². The van der Waals surface area contributed by atoms with Crippen LogP contribution in [-0.2, 0) is 28.6 Å². The average Bonchev–Trinajstić information content (AvgIpc) is 3.22. The summed E-state index contributed by atoms with van der Waals surface area (Å²) in [7, 11) is 0. The first-order valence-electron chi connectivity index (χ1n) is 25.7. The molecule has 1 unspecified atom stereocenters. The zero-order chi connectivity index (χ0) is 42.3. The van der Waals surface area contributed by atoms with Crippen molar-refractivity contribution in [2.75, 3.05) is 13.2 Å². The van der Waals surface area contributed by atoms with Crippen LogP contribution in [0.3, 0.4) is 0 Å². The van der Waals surface area contributed by atoms with E-state index in [2.05, 4.69) is 32.9 Å². The van der Waals surface area contributed by atoms with Crippen LogP contribution >= 0.6 is 0 Å². The molecule has 0 N–H and O–H groups in total. The van der Waals surface area contributed by atoms with Crippen molar-refractivity contribution in [1.82, 2.24) is 0 Å². The highest BCUT2D eigenvalue weighted by atomic mass is 16.6. The number of carbonyl (C=O) groups excluding carboxylic acids is 3. The van der Waals surface area contributed by atoms with Crippen LogP contribution in [0.15, 0.2) is 12.2 Å². The first-order chi connectivity index (χ1) is 28.5. The zero-order valence-corrected chi connectivity index (χ0v) is 39.1. The van der Waals surface area contributed by atoms with Gasteiger partial charge in [0.15, 0.2) is 6.10 Å². The van der Waals surface area contributed by atoms with Crippen LogP contribution < -0.4 is 0 Å². The van der Waals surface area contributed by atoms with Gasteiger partial charge >= 0.3 is 17.9 Å². The van der Waals surface area contributed by atoms with Crippen LogP contribution in [0.2, 0.25) is 0 Å². The summed E-state index contributed by atoms with van der Waals surface area (Å²) in [5.74, 6) is -0.862. The number of unbranched alkanes of at least 4 members (excludes halogenated alkanes) is 34. The highest BCUT2D eigenvalue weighted by molar-refractivity contribution is 5.71. The highest BCUT2D eigenvalue weighted by Gasteiger charge is 2.19. The fourth-order valence-corrected chi connectivity index (χ4v) is 7.61. The summed E-state index contributed by atoms with van der Waals surface area (Å²) >= 11 is 0. The van der Waals surface area contributed by atoms with Gasteiger partial charge in [0.1, 0.15) is 13.2 Å². The van der Waals surface area contributed by atoms with Crippen LogP contribution in [0, 0.1) is 0 Å². The lowest BCUT2D eigenvalue weighted by atomic mass is 10.0. The van der Waals surface area contributed by atoms with Crippen LogP contribution in [-0.4, -0.2) is 37.2 Å². The molecule has 0 aliphatic heterocycles. The number of hydrogen-bond acceptors (Lipinski definition) is 6. The molecule has 0 amide bonds. The predicted molar refractivity (Wildman–Crippen MR) is 247 cm³/mol. The Labute approximate surface area is 360 Å². The molecule has 0 spiro atoms. The molecule has 6 heteroatoms. The second-order valence-electron chi connectivity index (χ2n) is 17.4. The number of ether oxygens (including phenoxy) is 3. The smallest absolute Gasteiger partial charge is 0.306 e. The molecular weight excluding hydrogens is 721 g/mol. The summed E-state index contributed by atoms with van der Waals surface area (Å²) < 4.78 is 16.8. The largest absolute Gasteiger partial charge is 0.462 e. The highest BCUT2D eigenvalue weighted by Crippen LogP contribution is 2.16. The minimum absolute atomic E-state index is 0.0676. The number of allylic oxidation sites excluding steroid dienone is 2. The van der Waals surface area contributed by atoms with Gasteiger partial charge in [-0.2, -0.15) is 0 Å². The van der Waals surface area contributed by atoms with Gasteiger partial charge < -0.3 is 14.2 Å². The first-order valence-corrected chi connectivity index (χ1v) is 25.7. The first kappa shape index (κ1) is 56.1. The van der Waals surface area contributed by atoms with E-state index in [1.54, 1.807) is 0 Å². The number of esters is 3. The van der Waals surface area contributed by atoms with Gasteiger partial charge in [-0.15, -0.1) is 0 Å². The fraction of sp³-hybridized carbons (Fsp3) is 0.904. The topological polar surface area (TPSA) is 78.9 Å². The lowest BCUT2D eigenvalue weighted by Gasteiger charge is -2.18. The zero-order valence-electron chi connectivity index (χ0n) is 39.1. The van der Waals surface area contributed by atoms with E-state index in [1.165, 1.54) is 180 Å². The molecule has 6 nitrogen and oxygen atoms in total. The van der Waals surface area contributed by atoms with Crippen molar-refractivity contribution >= 4 is 17.9 Å². The Hall–Kier alpha value is -1.85. The lowest BCUT2D eigenvalue weighted by molar-refractivity contribution is -0.167. The van der Waals surface area contributed by atoms with E-state index in [4.69, 9.17) is 14.2 Å². The molecular formula is C52H98O6. The van der Waals surface area contributed by atoms with Gasteiger partial charge in [-0.05, 0) is 44.9 Å². The van der Waals surface area contributed by atoms with Gasteiger partial charge in [0.05, 0.1) is 0 Å². The summed E-state index contributed by atoms with van der Waals surface area (Å²) in [6.45, 7) is 6.65. The number of carbonyl (C=O) groups is 3. The lowest BCUT2D eigenvalue weighted by Crippen LogP contribution is -2.30. The molecule has 0 aromatic rings. The molecule has 58 heavy (non-hydrogen) atoms. The standard InChI is InChI=1S/C52H98O6/c1-4-7-10-13-16-19-22-24-26-28-30-33-36-39-42-45-51(54)57-48-49(47-56-50(53)44-41-38-35-32-21-18-15-12-9-6-3)58-52(55)46-43-40-37-34-31-29-27-25-23-20-17-14-11-8-5-2/h24,26,49H,4-23,25,27-48H2,1-3H3/b26-24-. The molecule has 0 aromatic heterocycles. The van der Waals surface area contributed by atoms with Crippen molar-refractivity contribution in [2.24, 2.45) is 0 Å². The van der Waals surface area contributed by atoms with Crippen LogP contribution in [0.1, 0.15) is 284 Å². The normalized spacial score (nSPS) is 12.0. The summed E-state index contributed by atoms with van der Waals surface area (Å²) in [4.78, 5) is 37.9. The second-order valence-corrected chi connectivity index (χ2v) is 17.4. The molecule has 0 aliphatic rings. The Morgan fingerprint density at radius 2 is 0.569 bits per heavy atom. The van der Waals surface area contributed by atoms with Gasteiger partial charge in [0.2, 0.25) is 0 Å². The van der Waals surface area contributed by atoms with E-state index >= 15 is 0 Å². The Kier molecular flexibility index (Phi) is 46.3. The Balaban J connectivity index is 4.31. The Morgan fingerprint density at radius 3 is 0.862 bits per heavy atom. The average molecular weight is 819 g/mol. The predicted octanol–water partition coefficient (Wildman–Crippen LogP) is 16.6. The molecule has 1 atom stereocenters. The van der Waals surface area contributed by atoms with E-state index in [0.29, 0.717) is 19.3 Å². The molecule has 0 heterocycles. The summed E-state index contributed by atoms with van der Waals surface area (Å²) in [5, 5.41) is 0. The summed E-state index contributed by atoms with van der Waals surface area (Å²) in [6, 6.07) is 0. The molecule has 0 aromatic carbocycles. The van der Waals surface area contributed by atoms with Gasteiger partial charge in [-0.3, -0.25) is 14.4 Å². The maximum Gasteiger partial charge on any atom is 0.306 e. The van der Waals surface area contributed by atoms with E-state index in [0.717, 1.165) is 64.2 Å². The van der Waals surface area contributed by atoms with Crippen molar-refractivity contribution in [3.63, 3.8) is 0 Å². The molecule has 0 bridgehead atoms. The van der Waals surface area contributed by atoms with Crippen LogP contribution in [0.4, 0.5) is 0 Å². The third kappa shape index (κ3) is 45.2. The third-order valence-electron chi connectivity index (χ3n) is 11.5. The number of hydrogen-bond donors (Lipinski definition) is 0. The van der Waals surface area contributed by atoms with Crippen molar-refractivity contribution in [1.29, 1.82) is 0 Å². The van der Waals surface area contributed by atoms with E-state index in [9.17, 15) is 14.4 Å². The van der Waals surface area contributed by atoms with Crippen LogP contribution in [0.5, 0.6) is 0 Å². The van der Waals surface area contributed by atoms with Gasteiger partial charge in [0.25, 0.3) is 0 Å². The SMILES string of the molecule is CCCCCCCC/C=C\CCCCCCCC(=O)OCC(COC(=O)CCCCCCCCCCCC)OC(=O)CCCCCCCCCCCCCCCCC. The monoisotopic (exact) mass is 819 g/mol. The third-order valence-corrected chi connectivity index (χ3v) is 11.5. The maximum atomic E-state index is 12.8. The molecule has 0 fully saturated rings. The number of rotatable bonds is 47. The molecule has 0 radical (unpaired) electrons. The van der Waals surface area contributed by atoms with Gasteiger partial charge in [0, 0.05) is 19.3 Å². The molecule has 0 saturated carbocycles. The minimum Gasteiger partial charge on any atom is -0.462 e. The molecule has 342 valence electrons. The Bertz CT molecular complexity index is 900. The minimum atomic E-state index is -0.765. The fourth-order valence-electron chi connectivity index (χ4n) is 7.61. The molecule has 0 aliphatic carbocycles. The quantitative estimate of drug-likeness (QED) is 0.0263. The van der Waals surface area contributed by atoms with Crippen molar-refractivity contribution in [3.05, 3.63) is 12.2 Å². The van der Waals surface area contributed by atoms with Crippen LogP contribution in [0.25, 0.3) is 0 Å². The van der Waals surface area contributed by atoms with E-state index < -0.39 is 6.10 Å². The van der Waals surface area contributed by atoms with Gasteiger partial charge in [-0.1, -0.05) is 232 Å². The molecule has 0 rings (SSSR count). The van der Waals surface area contributed by atoms with E-state index in [1.807, 2.05) is 0 Å². The Morgan fingerprint density at radius 1 is 0.328 bits per heavy atom. The summed E-state index contributed by atoms with van der Waals surface area (Å²) in [5.41, 5.74) is 0.